The number of rotatable bonds is 3. The molecule has 0 atom stereocenters. The summed E-state index contributed by atoms with van der Waals surface area (Å²) in [6, 6.07) is 67.9. The first kappa shape index (κ1) is 30.2. The Labute approximate surface area is 319 Å². The average molecular weight is 719 g/mol. The highest BCUT2D eigenvalue weighted by molar-refractivity contribution is 7.27. The van der Waals surface area contributed by atoms with Gasteiger partial charge in [0.25, 0.3) is 0 Å². The highest BCUT2D eigenvalue weighted by atomic mass is 32.1. The van der Waals surface area contributed by atoms with Gasteiger partial charge in [-0.3, -0.25) is 0 Å². The maximum atomic E-state index is 2.42. The van der Waals surface area contributed by atoms with Crippen molar-refractivity contribution in [2.75, 3.05) is 0 Å². The third-order valence-electron chi connectivity index (χ3n) is 11.4. The Morgan fingerprint density at radius 1 is 0.241 bits per heavy atom. The number of fused-ring (bicyclic) bond motifs is 10. The van der Waals surface area contributed by atoms with Crippen LogP contribution in [0.1, 0.15) is 0 Å². The summed E-state index contributed by atoms with van der Waals surface area (Å²) in [5.74, 6) is 0. The van der Waals surface area contributed by atoms with Crippen molar-refractivity contribution in [1.29, 1.82) is 0 Å². The van der Waals surface area contributed by atoms with Crippen molar-refractivity contribution in [3.05, 3.63) is 182 Å². The average Bonchev–Trinajstić information content (AvgIpc) is 3.77. The van der Waals surface area contributed by atoms with Crippen LogP contribution in [-0.2, 0) is 0 Å². The summed E-state index contributed by atoms with van der Waals surface area (Å²) >= 11 is 3.81. The molecule has 0 bridgehead atoms. The van der Waals surface area contributed by atoms with Crippen LogP contribution in [0, 0.1) is 0 Å². The van der Waals surface area contributed by atoms with Crippen LogP contribution < -0.4 is 0 Å². The molecule has 0 radical (unpaired) electrons. The minimum Gasteiger partial charge on any atom is -0.135 e. The minimum atomic E-state index is 1.23. The molecule has 0 fully saturated rings. The van der Waals surface area contributed by atoms with Crippen LogP contribution in [-0.4, -0.2) is 0 Å². The Morgan fingerprint density at radius 2 is 0.778 bits per heavy atom. The number of hydrogen-bond donors (Lipinski definition) is 0. The van der Waals surface area contributed by atoms with E-state index in [1.54, 1.807) is 0 Å². The molecule has 0 saturated heterocycles. The molecule has 0 saturated carbocycles. The highest BCUT2D eigenvalue weighted by Gasteiger charge is 2.18. The molecule has 10 aromatic carbocycles. The zero-order chi connectivity index (χ0) is 35.3. The Balaban J connectivity index is 1.02. The quantitative estimate of drug-likeness (QED) is 0.160. The molecule has 0 unspecified atom stereocenters. The zero-order valence-electron chi connectivity index (χ0n) is 29.1. The summed E-state index contributed by atoms with van der Waals surface area (Å²) in [5, 5.41) is 15.6. The lowest BCUT2D eigenvalue weighted by atomic mass is 9.84. The number of hydrogen-bond acceptors (Lipinski definition) is 2. The number of thiophene rings is 2. The summed E-state index contributed by atoms with van der Waals surface area (Å²) in [5.41, 5.74) is 7.55. The third kappa shape index (κ3) is 4.48. The van der Waals surface area contributed by atoms with Crippen molar-refractivity contribution in [3.63, 3.8) is 0 Å². The molecule has 0 nitrogen and oxygen atoms in total. The lowest BCUT2D eigenvalue weighted by Gasteiger charge is -2.19. The molecular weight excluding hydrogens is 689 g/mol. The van der Waals surface area contributed by atoms with Crippen LogP contribution in [0.2, 0.25) is 0 Å². The van der Waals surface area contributed by atoms with Gasteiger partial charge in [0.15, 0.2) is 0 Å². The molecule has 12 rings (SSSR count). The van der Waals surface area contributed by atoms with E-state index < -0.39 is 0 Å². The van der Waals surface area contributed by atoms with E-state index in [2.05, 4.69) is 182 Å². The van der Waals surface area contributed by atoms with Gasteiger partial charge >= 0.3 is 0 Å². The van der Waals surface area contributed by atoms with Gasteiger partial charge in [-0.15, -0.1) is 22.7 Å². The number of benzene rings is 10. The third-order valence-corrected chi connectivity index (χ3v) is 13.7. The summed E-state index contributed by atoms with van der Waals surface area (Å²) in [6.07, 6.45) is 0. The van der Waals surface area contributed by atoms with E-state index in [1.807, 2.05) is 22.7 Å². The molecule has 250 valence electrons. The molecule has 0 aliphatic carbocycles. The predicted octanol–water partition coefficient (Wildman–Crippen LogP) is 16.0. The van der Waals surface area contributed by atoms with Crippen LogP contribution in [0.4, 0.5) is 0 Å². The van der Waals surface area contributed by atoms with E-state index in [0.717, 1.165) is 0 Å². The second-order valence-electron chi connectivity index (χ2n) is 14.4. The van der Waals surface area contributed by atoms with Gasteiger partial charge in [-0.1, -0.05) is 140 Å². The molecule has 0 aliphatic rings. The smallest absolute Gasteiger partial charge is 0.0362 e. The van der Waals surface area contributed by atoms with E-state index in [0.29, 0.717) is 0 Å². The second kappa shape index (κ2) is 11.6. The summed E-state index contributed by atoms with van der Waals surface area (Å²) in [6.45, 7) is 0. The van der Waals surface area contributed by atoms with Crippen LogP contribution in [0.3, 0.4) is 0 Å². The van der Waals surface area contributed by atoms with Crippen molar-refractivity contribution in [3.8, 4) is 33.4 Å². The van der Waals surface area contributed by atoms with Gasteiger partial charge in [0.1, 0.15) is 0 Å². The topological polar surface area (TPSA) is 0 Å². The lowest BCUT2D eigenvalue weighted by Crippen LogP contribution is -1.92. The molecule has 0 spiro atoms. The van der Waals surface area contributed by atoms with Crippen molar-refractivity contribution in [1.82, 2.24) is 0 Å². The SMILES string of the molecule is c1cc(-c2ccc3cc4c(cc3c2)sc2cc3c(cc24)sc2ccccc23)cc(-c2c3ccccc3c(-c3cccc4ccccc34)c3ccccc23)c1. The molecule has 0 N–H and O–H groups in total. The van der Waals surface area contributed by atoms with E-state index >= 15 is 0 Å². The van der Waals surface area contributed by atoms with E-state index in [-0.39, 0.29) is 0 Å². The van der Waals surface area contributed by atoms with Crippen molar-refractivity contribution in [2.45, 2.75) is 0 Å². The normalized spacial score (nSPS) is 12.1. The van der Waals surface area contributed by atoms with Gasteiger partial charge in [-0.25, -0.2) is 0 Å². The lowest BCUT2D eigenvalue weighted by molar-refractivity contribution is 1.63. The Kier molecular flexibility index (Phi) is 6.48. The maximum Gasteiger partial charge on any atom is 0.0362 e. The van der Waals surface area contributed by atoms with Crippen LogP contribution in [0.25, 0.3) is 117 Å². The Morgan fingerprint density at radius 3 is 1.56 bits per heavy atom. The van der Waals surface area contributed by atoms with Crippen LogP contribution in [0.5, 0.6) is 0 Å². The molecule has 2 aromatic heterocycles. The maximum absolute atomic E-state index is 2.42. The monoisotopic (exact) mass is 718 g/mol. The fraction of sp³-hybridized carbons (Fsp3) is 0. The molecular formula is C52H30S2. The largest absolute Gasteiger partial charge is 0.135 e. The minimum absolute atomic E-state index is 1.23. The van der Waals surface area contributed by atoms with Gasteiger partial charge in [0.2, 0.25) is 0 Å². The fourth-order valence-electron chi connectivity index (χ4n) is 8.94. The van der Waals surface area contributed by atoms with Crippen LogP contribution in [0.15, 0.2) is 182 Å². The van der Waals surface area contributed by atoms with Gasteiger partial charge < -0.3 is 0 Å². The Bertz CT molecular complexity index is 3440. The summed E-state index contributed by atoms with van der Waals surface area (Å²) < 4.78 is 5.42. The molecule has 54 heavy (non-hydrogen) atoms. The fourth-order valence-corrected chi connectivity index (χ4v) is 11.2. The predicted molar refractivity (Wildman–Crippen MR) is 239 cm³/mol. The highest BCUT2D eigenvalue weighted by Crippen LogP contribution is 2.47. The van der Waals surface area contributed by atoms with Crippen molar-refractivity contribution < 1.29 is 0 Å². The van der Waals surface area contributed by atoms with E-state index in [9.17, 15) is 0 Å². The standard InChI is InChI=1S/C52H30S2/c1-2-15-37-31(11-1)12-10-21-39(37)52-42-19-5-3-17-40(42)51(41-18-4-6-20-43(41)52)35-14-9-13-32(25-35)33-23-24-34-27-44-46-30-49-45(38-16-7-8-22-47(38)53-49)29-50(46)54-48(44)28-36(34)26-33/h1-30H. The molecule has 2 heteroatoms. The Hall–Kier alpha value is -6.32. The van der Waals surface area contributed by atoms with Gasteiger partial charge in [-0.05, 0) is 119 Å². The zero-order valence-corrected chi connectivity index (χ0v) is 30.8. The van der Waals surface area contributed by atoms with E-state index in [1.165, 1.54) is 117 Å². The first-order valence-corrected chi connectivity index (χ1v) is 20.1. The van der Waals surface area contributed by atoms with E-state index in [4.69, 9.17) is 0 Å². The summed E-state index contributed by atoms with van der Waals surface area (Å²) in [4.78, 5) is 0. The first-order valence-electron chi connectivity index (χ1n) is 18.5. The van der Waals surface area contributed by atoms with Gasteiger partial charge in [0, 0.05) is 40.3 Å². The molecule has 12 aromatic rings. The van der Waals surface area contributed by atoms with Crippen molar-refractivity contribution >= 4 is 106 Å². The van der Waals surface area contributed by atoms with Crippen molar-refractivity contribution in [2.24, 2.45) is 0 Å². The summed E-state index contributed by atoms with van der Waals surface area (Å²) in [7, 11) is 0. The van der Waals surface area contributed by atoms with Gasteiger partial charge in [-0.2, -0.15) is 0 Å². The molecule has 2 heterocycles. The van der Waals surface area contributed by atoms with Crippen LogP contribution >= 0.6 is 22.7 Å². The second-order valence-corrected chi connectivity index (χ2v) is 16.6. The molecule has 0 amide bonds. The molecule has 0 aliphatic heterocycles. The first-order chi connectivity index (χ1) is 26.7. The van der Waals surface area contributed by atoms with Gasteiger partial charge in [0.05, 0.1) is 0 Å².